The van der Waals surface area contributed by atoms with Crippen molar-refractivity contribution in [3.63, 3.8) is 0 Å². The molecule has 76 heavy (non-hydrogen) atoms. The molecule has 0 radical (unpaired) electrons. The predicted molar refractivity (Wildman–Crippen MR) is 278 cm³/mol. The maximum atomic E-state index is 15.0. The van der Waals surface area contributed by atoms with Crippen molar-refractivity contribution >= 4 is 75.5 Å². The van der Waals surface area contributed by atoms with Crippen molar-refractivity contribution in [1.82, 2.24) is 39.4 Å². The summed E-state index contributed by atoms with van der Waals surface area (Å²) in [7, 11) is -3.42. The van der Waals surface area contributed by atoms with E-state index in [1.54, 1.807) is 37.6 Å². The first-order valence-electron chi connectivity index (χ1n) is 25.6. The van der Waals surface area contributed by atoms with Crippen LogP contribution in [0.25, 0.3) is 21.1 Å². The van der Waals surface area contributed by atoms with Crippen molar-refractivity contribution in [3.8, 4) is 0 Å². The number of nitrogens with zero attached hydrogens (tertiary/aromatic N) is 6. The largest absolute Gasteiger partial charge is 0.370 e. The highest BCUT2D eigenvalue weighted by Gasteiger charge is 2.50. The number of hydrogen-bond acceptors (Lipinski definition) is 12. The third-order valence-corrected chi connectivity index (χ3v) is 17.6. The van der Waals surface area contributed by atoms with Crippen LogP contribution in [-0.4, -0.2) is 150 Å². The number of aryl methyl sites for hydroxylation is 1. The van der Waals surface area contributed by atoms with Gasteiger partial charge in [0.1, 0.15) is 30.8 Å². The van der Waals surface area contributed by atoms with E-state index in [9.17, 15) is 47.5 Å². The smallest absolute Gasteiger partial charge is 0.363 e. The molecule has 5 aliphatic heterocycles. The molecule has 7 heterocycles. The summed E-state index contributed by atoms with van der Waals surface area (Å²) in [5, 5.41) is 5.64. The topological polar surface area (TPSA) is 242 Å². The fraction of sp³-hybridized carbons (Fsp3) is 0.491. The molecule has 3 aromatic carbocycles. The summed E-state index contributed by atoms with van der Waals surface area (Å²) in [6.45, 7) is 7.35. The minimum Gasteiger partial charge on any atom is -0.370 e. The van der Waals surface area contributed by atoms with E-state index in [-0.39, 0.29) is 98.0 Å². The first-order chi connectivity index (χ1) is 36.1. The number of carbonyl (C=O) groups is 6. The van der Waals surface area contributed by atoms with E-state index in [4.69, 9.17) is 9.47 Å². The van der Waals surface area contributed by atoms with Gasteiger partial charge in [0.2, 0.25) is 35.4 Å². The van der Waals surface area contributed by atoms with Crippen molar-refractivity contribution in [1.29, 1.82) is 0 Å². The molecular weight excluding hydrogens is 1020 g/mol. The molecule has 8 atom stereocenters. The predicted octanol–water partition coefficient (Wildman–Crippen LogP) is 4.28. The number of piperidine rings is 1. The van der Waals surface area contributed by atoms with Crippen molar-refractivity contribution < 1.29 is 57.0 Å². The molecule has 1 unspecified atom stereocenters. The lowest BCUT2D eigenvalue weighted by molar-refractivity contribution is -0.156. The van der Waals surface area contributed by atoms with Crippen LogP contribution in [0.15, 0.2) is 77.6 Å². The fourth-order valence-electron chi connectivity index (χ4n) is 11.6. The summed E-state index contributed by atoms with van der Waals surface area (Å²) in [5.74, 6) is -5.12. The summed E-state index contributed by atoms with van der Waals surface area (Å²) in [5.41, 5.74) is 1.68. The Balaban J connectivity index is 0.835. The van der Waals surface area contributed by atoms with Crippen LogP contribution >= 0.6 is 18.9 Å². The standard InChI is InChI=1S/C53H62FN8O12PS/c1-53(2,3)46(56-49(66)42-24-33-23-32(11-16-41(33)76-42)47(54)75(70,71)72)51(68)60-19-18-39(45(60)50(67)58-20-21-73-40(28-58)31-8-6-5-7-9-31)74-29-44(64)59-26-34-12-13-35(27-59)61(34)25-30-10-14-36-38(22-30)57(4)52(69)62(36)37-15-17-43(63)55-48(37)65/h5-11,14,16,22-24,34-35,37,39-40,45-47H,12-13,15,17-21,25-29H2,1-4H3,(H,56,66)(H,55,63,65)(H2,70,71,72)/t34-,35+,37?,39-,40+,45+,46-,47-/m1/s1. The number of fused-ring (bicyclic) bond motifs is 4. The first-order valence-corrected chi connectivity index (χ1v) is 28.1. The number of piperazine rings is 1. The van der Waals surface area contributed by atoms with E-state index in [1.807, 2.05) is 48.5 Å². The van der Waals surface area contributed by atoms with E-state index < -0.39 is 67.0 Å². The van der Waals surface area contributed by atoms with Crippen LogP contribution in [-0.2, 0) is 51.6 Å². The minimum atomic E-state index is -5.08. The molecule has 5 aliphatic rings. The summed E-state index contributed by atoms with van der Waals surface area (Å²) < 4.78 is 42.4. The molecule has 5 aromatic rings. The van der Waals surface area contributed by atoms with Gasteiger partial charge in [0, 0.05) is 63.0 Å². The Labute approximate surface area is 441 Å². The second-order valence-electron chi connectivity index (χ2n) is 21.6. The molecule has 404 valence electrons. The lowest BCUT2D eigenvalue weighted by Gasteiger charge is -2.41. The van der Waals surface area contributed by atoms with Gasteiger partial charge in [-0.15, -0.1) is 11.3 Å². The molecular formula is C53H62FN8O12PS. The lowest BCUT2D eigenvalue weighted by atomic mass is 9.85. The van der Waals surface area contributed by atoms with Gasteiger partial charge >= 0.3 is 13.3 Å². The number of benzene rings is 3. The van der Waals surface area contributed by atoms with Gasteiger partial charge < -0.3 is 39.3 Å². The quantitative estimate of drug-likeness (QED) is 0.0952. The Hall–Kier alpha value is -6.13. The molecule has 6 amide bonds. The average molecular weight is 1090 g/mol. The summed E-state index contributed by atoms with van der Waals surface area (Å²) in [4.78, 5) is 123. The van der Waals surface area contributed by atoms with Crippen molar-refractivity contribution in [2.45, 2.75) is 108 Å². The maximum Gasteiger partial charge on any atom is 0.363 e. The zero-order valence-electron chi connectivity index (χ0n) is 42.6. The number of imide groups is 1. The Bertz CT molecular complexity index is 3210. The Kier molecular flexibility index (Phi) is 14.7. The van der Waals surface area contributed by atoms with Crippen LogP contribution in [0.1, 0.15) is 97.3 Å². The molecule has 2 bridgehead atoms. The summed E-state index contributed by atoms with van der Waals surface area (Å²) >= 11 is 1.07. The number of ether oxygens (including phenoxy) is 2. The average Bonchev–Trinajstić information content (AvgIpc) is 4.14. The van der Waals surface area contributed by atoms with Gasteiger partial charge in [0.25, 0.3) is 5.91 Å². The van der Waals surface area contributed by atoms with Crippen LogP contribution in [0, 0.1) is 5.41 Å². The van der Waals surface area contributed by atoms with E-state index in [2.05, 4.69) is 15.5 Å². The van der Waals surface area contributed by atoms with Gasteiger partial charge in [0.05, 0.1) is 35.2 Å². The Morgan fingerprint density at radius 1 is 0.908 bits per heavy atom. The molecule has 2 aromatic heterocycles. The molecule has 0 aliphatic carbocycles. The molecule has 10 rings (SSSR count). The highest BCUT2D eigenvalue weighted by molar-refractivity contribution is 7.51. The van der Waals surface area contributed by atoms with Gasteiger partial charge in [-0.25, -0.2) is 9.18 Å². The van der Waals surface area contributed by atoms with Gasteiger partial charge in [-0.3, -0.25) is 52.7 Å². The lowest BCUT2D eigenvalue weighted by Crippen LogP contribution is -2.60. The van der Waals surface area contributed by atoms with Crippen LogP contribution in [0.2, 0.25) is 0 Å². The van der Waals surface area contributed by atoms with Crippen LogP contribution in [0.4, 0.5) is 4.39 Å². The molecule has 20 nitrogen and oxygen atoms in total. The molecule has 5 saturated heterocycles. The fourth-order valence-corrected chi connectivity index (χ4v) is 13.1. The number of likely N-dealkylation sites (tertiary alicyclic amines) is 2. The molecule has 23 heteroatoms. The third kappa shape index (κ3) is 10.5. The number of alkyl halides is 1. The van der Waals surface area contributed by atoms with E-state index >= 15 is 4.79 Å². The number of morpholine rings is 1. The molecule has 5 fully saturated rings. The number of thiophene rings is 1. The van der Waals surface area contributed by atoms with E-state index in [0.29, 0.717) is 40.8 Å². The minimum absolute atomic E-state index is 0.0491. The van der Waals surface area contributed by atoms with Gasteiger partial charge in [-0.1, -0.05) is 63.2 Å². The number of aromatic nitrogens is 2. The zero-order chi connectivity index (χ0) is 54.0. The van der Waals surface area contributed by atoms with E-state index in [0.717, 1.165) is 35.3 Å². The third-order valence-electron chi connectivity index (χ3n) is 15.6. The van der Waals surface area contributed by atoms with Crippen molar-refractivity contribution in [3.05, 3.63) is 105 Å². The summed E-state index contributed by atoms with van der Waals surface area (Å²) in [6, 6.07) is 17.8. The van der Waals surface area contributed by atoms with Gasteiger partial charge in [-0.05, 0) is 83.5 Å². The number of rotatable bonds is 13. The number of halogens is 1. The first kappa shape index (κ1) is 53.3. The number of imidazole rings is 1. The van der Waals surface area contributed by atoms with Crippen molar-refractivity contribution in [2.24, 2.45) is 12.5 Å². The number of hydrogen-bond donors (Lipinski definition) is 4. The van der Waals surface area contributed by atoms with Crippen LogP contribution in [0.5, 0.6) is 0 Å². The van der Waals surface area contributed by atoms with Crippen molar-refractivity contribution in [2.75, 3.05) is 45.9 Å². The molecule has 0 saturated carbocycles. The zero-order valence-corrected chi connectivity index (χ0v) is 44.3. The molecule has 4 N–H and O–H groups in total. The highest BCUT2D eigenvalue weighted by atomic mass is 32.1. The van der Waals surface area contributed by atoms with Crippen LogP contribution < -0.4 is 16.3 Å². The Morgan fingerprint density at radius 3 is 2.34 bits per heavy atom. The monoisotopic (exact) mass is 1080 g/mol. The van der Waals surface area contributed by atoms with Gasteiger partial charge in [0.15, 0.2) is 0 Å². The van der Waals surface area contributed by atoms with E-state index in [1.165, 1.54) is 38.3 Å². The molecule has 0 spiro atoms. The van der Waals surface area contributed by atoms with Gasteiger partial charge in [-0.2, -0.15) is 0 Å². The Morgan fingerprint density at radius 2 is 1.64 bits per heavy atom. The highest BCUT2D eigenvalue weighted by Crippen LogP contribution is 2.53. The second kappa shape index (κ2) is 21.0. The number of carbonyl (C=O) groups excluding carboxylic acids is 6. The number of amides is 6. The normalized spacial score (nSPS) is 24.3. The SMILES string of the molecule is Cn1c(=O)n(C2CCC(=O)NC2=O)c2ccc(CN3[C@@H]4CC[C@H]3CN(C(=O)CO[C@@H]3CCN(C(=O)[C@@H](NC(=O)c5cc6cc([C@H](F)P(=O)(O)O)ccc6s5)C(C)(C)C)[C@@H]3C(=O)N3CCO[C@H](c5ccccc5)C3)C4)cc21. The second-order valence-corrected chi connectivity index (χ2v) is 24.3. The number of nitrogens with one attached hydrogen (secondary N) is 2. The van der Waals surface area contributed by atoms with Crippen LogP contribution in [0.3, 0.4) is 0 Å². The maximum absolute atomic E-state index is 15.0. The summed E-state index contributed by atoms with van der Waals surface area (Å²) in [6.07, 6.45) is 1.08.